The van der Waals surface area contributed by atoms with Gasteiger partial charge in [-0.3, -0.25) is 10.1 Å². The monoisotopic (exact) mass is 393 g/mol. The number of hydrogen-bond acceptors (Lipinski definition) is 6. The van der Waals surface area contributed by atoms with Crippen LogP contribution in [0.15, 0.2) is 17.0 Å². The van der Waals surface area contributed by atoms with Gasteiger partial charge in [-0.2, -0.15) is 0 Å². The molecule has 0 saturated carbocycles. The molecule has 25 heavy (non-hydrogen) atoms. The number of ether oxygens (including phenoxy) is 1. The van der Waals surface area contributed by atoms with Crippen molar-refractivity contribution in [3.05, 3.63) is 33.4 Å². The van der Waals surface area contributed by atoms with E-state index in [0.717, 1.165) is 25.5 Å². The van der Waals surface area contributed by atoms with Crippen molar-refractivity contribution < 1.29 is 18.1 Å². The van der Waals surface area contributed by atoms with Gasteiger partial charge >= 0.3 is 0 Å². The minimum absolute atomic E-state index is 0. The molecule has 2 rings (SSSR count). The molecular formula is C15H24ClN3O5S. The quantitative estimate of drug-likeness (QED) is 0.538. The highest BCUT2D eigenvalue weighted by Crippen LogP contribution is 2.26. The van der Waals surface area contributed by atoms with Gasteiger partial charge in [-0.25, -0.2) is 13.1 Å². The number of halogens is 1. The molecular weight excluding hydrogens is 370 g/mol. The molecule has 1 saturated heterocycles. The summed E-state index contributed by atoms with van der Waals surface area (Å²) in [6.07, 6.45) is 1.75. The predicted molar refractivity (Wildman–Crippen MR) is 96.9 cm³/mol. The molecule has 0 bridgehead atoms. The van der Waals surface area contributed by atoms with Crippen molar-refractivity contribution in [2.75, 3.05) is 26.8 Å². The van der Waals surface area contributed by atoms with E-state index in [0.29, 0.717) is 17.7 Å². The molecule has 1 unspecified atom stereocenters. The molecule has 1 heterocycles. The van der Waals surface area contributed by atoms with E-state index in [-0.39, 0.29) is 29.5 Å². The van der Waals surface area contributed by atoms with E-state index in [9.17, 15) is 18.5 Å². The molecule has 1 aliphatic rings. The zero-order valence-electron chi connectivity index (χ0n) is 14.5. The van der Waals surface area contributed by atoms with Crippen LogP contribution in [0.4, 0.5) is 5.69 Å². The number of aryl methyl sites for hydroxylation is 1. The fraction of sp³-hybridized carbons (Fsp3) is 0.600. The fourth-order valence-corrected chi connectivity index (χ4v) is 4.44. The standard InChI is InChI=1S/C15H23N3O5S.ClH/c1-11-7-13(18(19)20)8-14(12(11)2)24(21,22)17-9-15(10-23-3)5-4-6-16-15;/h7-8,16-17H,4-6,9-10H2,1-3H3;1H. The molecule has 1 aromatic carbocycles. The average Bonchev–Trinajstić information content (AvgIpc) is 2.97. The number of non-ortho nitro benzene ring substituents is 1. The minimum Gasteiger partial charge on any atom is -0.383 e. The summed E-state index contributed by atoms with van der Waals surface area (Å²) in [7, 11) is -2.29. The lowest BCUT2D eigenvalue weighted by molar-refractivity contribution is -0.385. The molecule has 0 amide bonds. The second kappa shape index (κ2) is 8.41. The Labute approximate surface area is 153 Å². The summed E-state index contributed by atoms with van der Waals surface area (Å²) < 4.78 is 33.2. The maximum Gasteiger partial charge on any atom is 0.271 e. The molecule has 1 fully saturated rings. The number of methoxy groups -OCH3 is 1. The number of nitro benzene ring substituents is 1. The van der Waals surface area contributed by atoms with Gasteiger partial charge < -0.3 is 10.1 Å². The lowest BCUT2D eigenvalue weighted by atomic mass is 9.99. The number of nitrogens with zero attached hydrogens (tertiary/aromatic N) is 1. The van der Waals surface area contributed by atoms with E-state index in [1.54, 1.807) is 21.0 Å². The molecule has 8 nitrogen and oxygen atoms in total. The van der Waals surface area contributed by atoms with Crippen LogP contribution in [0, 0.1) is 24.0 Å². The molecule has 142 valence electrons. The Morgan fingerprint density at radius 1 is 1.40 bits per heavy atom. The molecule has 1 atom stereocenters. The summed E-state index contributed by atoms with van der Waals surface area (Å²) in [6.45, 7) is 4.67. The second-order valence-corrected chi connectivity index (χ2v) is 7.95. The van der Waals surface area contributed by atoms with Crippen LogP contribution < -0.4 is 10.0 Å². The average molecular weight is 394 g/mol. The van der Waals surface area contributed by atoms with Crippen molar-refractivity contribution in [1.82, 2.24) is 10.0 Å². The number of sulfonamides is 1. The summed E-state index contributed by atoms with van der Waals surface area (Å²) in [5.41, 5.74) is 0.401. The second-order valence-electron chi connectivity index (χ2n) is 6.21. The summed E-state index contributed by atoms with van der Waals surface area (Å²) in [5.74, 6) is 0. The highest BCUT2D eigenvalue weighted by Gasteiger charge is 2.35. The minimum atomic E-state index is -3.86. The van der Waals surface area contributed by atoms with Crippen LogP contribution in [0.5, 0.6) is 0 Å². The first-order valence-corrected chi connectivity index (χ1v) is 9.18. The van der Waals surface area contributed by atoms with Crippen LogP contribution in [0.3, 0.4) is 0 Å². The molecule has 1 aromatic rings. The Hall–Kier alpha value is -1.26. The van der Waals surface area contributed by atoms with Crippen molar-refractivity contribution in [2.45, 2.75) is 37.1 Å². The van der Waals surface area contributed by atoms with Crippen molar-refractivity contribution in [3.63, 3.8) is 0 Å². The van der Waals surface area contributed by atoms with Crippen molar-refractivity contribution in [1.29, 1.82) is 0 Å². The Bertz CT molecular complexity index is 733. The zero-order valence-corrected chi connectivity index (χ0v) is 16.1. The maximum absolute atomic E-state index is 12.7. The van der Waals surface area contributed by atoms with Gasteiger partial charge in [-0.15, -0.1) is 12.4 Å². The number of hydrogen-bond donors (Lipinski definition) is 2. The third-order valence-electron chi connectivity index (χ3n) is 4.46. The van der Waals surface area contributed by atoms with Crippen LogP contribution in [0.2, 0.25) is 0 Å². The van der Waals surface area contributed by atoms with Gasteiger partial charge in [-0.1, -0.05) is 0 Å². The third kappa shape index (κ3) is 4.89. The predicted octanol–water partition coefficient (Wildman–Crippen LogP) is 1.68. The smallest absolute Gasteiger partial charge is 0.271 e. The lowest BCUT2D eigenvalue weighted by Gasteiger charge is -2.29. The van der Waals surface area contributed by atoms with E-state index in [1.165, 1.54) is 6.07 Å². The molecule has 0 spiro atoms. The van der Waals surface area contributed by atoms with Crippen LogP contribution >= 0.6 is 12.4 Å². The van der Waals surface area contributed by atoms with Gasteiger partial charge in [-0.05, 0) is 44.4 Å². The molecule has 10 heteroatoms. The highest BCUT2D eigenvalue weighted by molar-refractivity contribution is 7.89. The zero-order chi connectivity index (χ0) is 18.0. The van der Waals surface area contributed by atoms with E-state index in [4.69, 9.17) is 4.74 Å². The number of nitro groups is 1. The topological polar surface area (TPSA) is 111 Å². The van der Waals surface area contributed by atoms with E-state index >= 15 is 0 Å². The summed E-state index contributed by atoms with van der Waals surface area (Å²) >= 11 is 0. The summed E-state index contributed by atoms with van der Waals surface area (Å²) in [5, 5.41) is 14.3. The normalized spacial score (nSPS) is 20.3. The Morgan fingerprint density at radius 3 is 2.60 bits per heavy atom. The molecule has 0 aromatic heterocycles. The first-order valence-electron chi connectivity index (χ1n) is 7.70. The van der Waals surface area contributed by atoms with Gasteiger partial charge in [0.15, 0.2) is 0 Å². The van der Waals surface area contributed by atoms with Crippen molar-refractivity contribution in [3.8, 4) is 0 Å². The largest absolute Gasteiger partial charge is 0.383 e. The lowest BCUT2D eigenvalue weighted by Crippen LogP contribution is -2.52. The van der Waals surface area contributed by atoms with Crippen LogP contribution in [0.25, 0.3) is 0 Å². The molecule has 0 radical (unpaired) electrons. The van der Waals surface area contributed by atoms with Gasteiger partial charge in [0.1, 0.15) is 0 Å². The molecule has 1 aliphatic heterocycles. The first kappa shape index (κ1) is 21.8. The maximum atomic E-state index is 12.7. The fourth-order valence-electron chi connectivity index (χ4n) is 2.97. The van der Waals surface area contributed by atoms with Crippen molar-refractivity contribution in [2.24, 2.45) is 0 Å². The van der Waals surface area contributed by atoms with E-state index in [1.807, 2.05) is 0 Å². The summed E-state index contributed by atoms with van der Waals surface area (Å²) in [6, 6.07) is 2.48. The van der Waals surface area contributed by atoms with E-state index in [2.05, 4.69) is 10.0 Å². The SMILES string of the molecule is COCC1(CNS(=O)(=O)c2cc([N+](=O)[O-])cc(C)c2C)CCCN1.Cl. The van der Waals surface area contributed by atoms with Crippen molar-refractivity contribution >= 4 is 28.1 Å². The van der Waals surface area contributed by atoms with Gasteiger partial charge in [0.25, 0.3) is 5.69 Å². The molecule has 2 N–H and O–H groups in total. The molecule has 0 aliphatic carbocycles. The van der Waals surface area contributed by atoms with Crippen LogP contribution in [-0.4, -0.2) is 45.7 Å². The summed E-state index contributed by atoms with van der Waals surface area (Å²) in [4.78, 5) is 10.4. The Morgan fingerprint density at radius 2 is 2.08 bits per heavy atom. The Kier molecular flexibility index (Phi) is 7.33. The van der Waals surface area contributed by atoms with Crippen LogP contribution in [-0.2, 0) is 14.8 Å². The van der Waals surface area contributed by atoms with E-state index < -0.39 is 20.5 Å². The van der Waals surface area contributed by atoms with Crippen LogP contribution in [0.1, 0.15) is 24.0 Å². The van der Waals surface area contributed by atoms with Gasteiger partial charge in [0, 0.05) is 25.8 Å². The van der Waals surface area contributed by atoms with Gasteiger partial charge in [0.2, 0.25) is 10.0 Å². The number of benzene rings is 1. The first-order chi connectivity index (χ1) is 11.2. The van der Waals surface area contributed by atoms with Gasteiger partial charge in [0.05, 0.1) is 22.0 Å². The Balaban J connectivity index is 0.00000312. The number of nitrogens with one attached hydrogen (secondary N) is 2. The third-order valence-corrected chi connectivity index (χ3v) is 5.99. The number of rotatable bonds is 7. The highest BCUT2D eigenvalue weighted by atomic mass is 35.5.